The van der Waals surface area contributed by atoms with Crippen molar-refractivity contribution in [1.82, 2.24) is 5.32 Å². The van der Waals surface area contributed by atoms with Gasteiger partial charge in [0.2, 0.25) is 0 Å². The predicted molar refractivity (Wildman–Crippen MR) is 102 cm³/mol. The van der Waals surface area contributed by atoms with E-state index in [0.29, 0.717) is 29.4 Å². The van der Waals surface area contributed by atoms with Crippen LogP contribution in [-0.2, 0) is 4.74 Å². The molecular weight excluding hydrogens is 389 g/mol. The molecule has 5 heteroatoms. The zero-order valence-corrected chi connectivity index (χ0v) is 16.2. The van der Waals surface area contributed by atoms with Crippen LogP contribution in [0, 0.1) is 11.3 Å². The van der Waals surface area contributed by atoms with Crippen LogP contribution in [-0.4, -0.2) is 31.3 Å². The van der Waals surface area contributed by atoms with E-state index in [9.17, 15) is 0 Å². The molecule has 128 valence electrons. The normalized spacial score (nSPS) is 32.4. The standard InChI is InChI=1S/C17H31N3O.HI/c1-2-3-4-7-11-19-16(18)20-14-13-8-12-21-15(13)17(14)9-5-6-10-17;/h13-15H,2-12H2,1H3,(H3,18,19,20);1H. The zero-order chi connectivity index (χ0) is 14.7. The molecule has 3 rings (SSSR count). The molecule has 1 aliphatic heterocycles. The molecular formula is C17H32IN3O. The predicted octanol–water partition coefficient (Wildman–Crippen LogP) is 3.44. The molecule has 0 aromatic heterocycles. The molecule has 3 unspecified atom stereocenters. The monoisotopic (exact) mass is 421 g/mol. The summed E-state index contributed by atoms with van der Waals surface area (Å²) >= 11 is 0. The molecule has 0 amide bonds. The lowest BCUT2D eigenvalue weighted by Crippen LogP contribution is -2.69. The van der Waals surface area contributed by atoms with E-state index >= 15 is 0 Å². The Morgan fingerprint density at radius 1 is 1.27 bits per heavy atom. The van der Waals surface area contributed by atoms with Crippen LogP contribution in [0.4, 0.5) is 0 Å². The molecule has 22 heavy (non-hydrogen) atoms. The van der Waals surface area contributed by atoms with Gasteiger partial charge in [-0.2, -0.15) is 0 Å². The quantitative estimate of drug-likeness (QED) is 0.299. The largest absolute Gasteiger partial charge is 0.377 e. The van der Waals surface area contributed by atoms with Crippen molar-refractivity contribution in [3.8, 4) is 0 Å². The van der Waals surface area contributed by atoms with Crippen LogP contribution >= 0.6 is 24.0 Å². The SMILES string of the molecule is CCCCCCN=C(N)NC1C2CCOC2C12CCCC2.I. The molecule has 2 saturated carbocycles. The van der Waals surface area contributed by atoms with Crippen LogP contribution in [0.25, 0.3) is 0 Å². The molecule has 0 radical (unpaired) electrons. The number of hydrogen-bond donors (Lipinski definition) is 2. The highest BCUT2D eigenvalue weighted by Gasteiger charge is 2.64. The second-order valence-corrected chi connectivity index (χ2v) is 7.13. The van der Waals surface area contributed by atoms with E-state index in [2.05, 4.69) is 17.2 Å². The van der Waals surface area contributed by atoms with Gasteiger partial charge in [-0.1, -0.05) is 39.0 Å². The van der Waals surface area contributed by atoms with Crippen LogP contribution < -0.4 is 11.1 Å². The van der Waals surface area contributed by atoms with Crippen molar-refractivity contribution < 1.29 is 4.74 Å². The van der Waals surface area contributed by atoms with Gasteiger partial charge in [0.25, 0.3) is 0 Å². The fraction of sp³-hybridized carbons (Fsp3) is 0.941. The highest BCUT2D eigenvalue weighted by atomic mass is 127. The van der Waals surface area contributed by atoms with E-state index in [1.54, 1.807) is 0 Å². The Balaban J connectivity index is 0.00000176. The van der Waals surface area contributed by atoms with Gasteiger partial charge in [0, 0.05) is 30.5 Å². The topological polar surface area (TPSA) is 59.6 Å². The number of ether oxygens (including phenoxy) is 1. The Hall–Kier alpha value is -0.0400. The summed E-state index contributed by atoms with van der Waals surface area (Å²) in [6, 6.07) is 0.506. The maximum Gasteiger partial charge on any atom is 0.188 e. The minimum atomic E-state index is 0. The number of nitrogens with one attached hydrogen (secondary N) is 1. The van der Waals surface area contributed by atoms with Crippen LogP contribution in [0.1, 0.15) is 64.7 Å². The number of halogens is 1. The molecule has 3 atom stereocenters. The van der Waals surface area contributed by atoms with Gasteiger partial charge in [-0.15, -0.1) is 24.0 Å². The first-order valence-corrected chi connectivity index (χ1v) is 8.96. The van der Waals surface area contributed by atoms with Crippen molar-refractivity contribution in [3.63, 3.8) is 0 Å². The van der Waals surface area contributed by atoms with Gasteiger partial charge < -0.3 is 15.8 Å². The van der Waals surface area contributed by atoms with E-state index < -0.39 is 0 Å². The summed E-state index contributed by atoms with van der Waals surface area (Å²) < 4.78 is 6.01. The van der Waals surface area contributed by atoms with Crippen LogP contribution in [0.2, 0.25) is 0 Å². The summed E-state index contributed by atoms with van der Waals surface area (Å²) in [7, 11) is 0. The fourth-order valence-electron chi connectivity index (χ4n) is 4.85. The number of nitrogens with zero attached hydrogens (tertiary/aromatic N) is 1. The first kappa shape index (κ1) is 18.3. The van der Waals surface area contributed by atoms with E-state index in [1.165, 1.54) is 51.4 Å². The van der Waals surface area contributed by atoms with Crippen molar-refractivity contribution in [2.75, 3.05) is 13.2 Å². The number of rotatable bonds is 6. The highest BCUT2D eigenvalue weighted by molar-refractivity contribution is 14.0. The molecule has 3 aliphatic rings. The third kappa shape index (κ3) is 3.40. The third-order valence-electron chi connectivity index (χ3n) is 5.88. The van der Waals surface area contributed by atoms with E-state index in [0.717, 1.165) is 19.6 Å². The average Bonchev–Trinajstić information content (AvgIpc) is 3.13. The van der Waals surface area contributed by atoms with Crippen molar-refractivity contribution >= 4 is 29.9 Å². The van der Waals surface area contributed by atoms with Gasteiger partial charge in [-0.3, -0.25) is 4.99 Å². The molecule has 0 aromatic carbocycles. The maximum absolute atomic E-state index is 6.13. The fourth-order valence-corrected chi connectivity index (χ4v) is 4.85. The summed E-state index contributed by atoms with van der Waals surface area (Å²) in [5.74, 6) is 1.32. The Morgan fingerprint density at radius 3 is 2.77 bits per heavy atom. The second-order valence-electron chi connectivity index (χ2n) is 7.13. The Labute approximate surface area is 152 Å². The van der Waals surface area contributed by atoms with Gasteiger partial charge in [0.05, 0.1) is 6.10 Å². The van der Waals surface area contributed by atoms with Gasteiger partial charge >= 0.3 is 0 Å². The first-order chi connectivity index (χ1) is 10.3. The number of unbranched alkanes of at least 4 members (excludes halogenated alkanes) is 3. The lowest BCUT2D eigenvalue weighted by molar-refractivity contribution is -0.124. The number of aliphatic imine (C=N–C) groups is 1. The molecule has 0 aromatic rings. The minimum Gasteiger partial charge on any atom is -0.377 e. The Bertz CT molecular complexity index is 382. The summed E-state index contributed by atoms with van der Waals surface area (Å²) in [6.45, 7) is 4.03. The molecule has 1 heterocycles. The number of nitrogens with two attached hydrogens (primary N) is 1. The molecule has 1 spiro atoms. The van der Waals surface area contributed by atoms with Crippen molar-refractivity contribution in [1.29, 1.82) is 0 Å². The Kier molecular flexibility index (Phi) is 6.80. The zero-order valence-electron chi connectivity index (χ0n) is 13.9. The number of fused-ring (bicyclic) bond motifs is 2. The van der Waals surface area contributed by atoms with Crippen molar-refractivity contribution in [2.24, 2.45) is 22.1 Å². The summed E-state index contributed by atoms with van der Waals surface area (Å²) in [6.07, 6.45) is 12.0. The summed E-state index contributed by atoms with van der Waals surface area (Å²) in [5.41, 5.74) is 6.50. The summed E-state index contributed by atoms with van der Waals surface area (Å²) in [4.78, 5) is 4.53. The van der Waals surface area contributed by atoms with Gasteiger partial charge in [0.1, 0.15) is 0 Å². The molecule has 1 saturated heterocycles. The highest BCUT2D eigenvalue weighted by Crippen LogP contribution is 2.60. The number of hydrogen-bond acceptors (Lipinski definition) is 2. The van der Waals surface area contributed by atoms with Crippen molar-refractivity contribution in [2.45, 2.75) is 76.9 Å². The maximum atomic E-state index is 6.13. The van der Waals surface area contributed by atoms with Crippen molar-refractivity contribution in [3.05, 3.63) is 0 Å². The first-order valence-electron chi connectivity index (χ1n) is 8.96. The van der Waals surface area contributed by atoms with E-state index in [4.69, 9.17) is 10.5 Å². The number of guanidine groups is 1. The minimum absolute atomic E-state index is 0. The molecule has 3 fully saturated rings. The smallest absolute Gasteiger partial charge is 0.188 e. The third-order valence-corrected chi connectivity index (χ3v) is 5.88. The van der Waals surface area contributed by atoms with Gasteiger partial charge in [-0.25, -0.2) is 0 Å². The molecule has 0 bridgehead atoms. The van der Waals surface area contributed by atoms with Crippen LogP contribution in [0.15, 0.2) is 4.99 Å². The average molecular weight is 421 g/mol. The molecule has 3 N–H and O–H groups in total. The van der Waals surface area contributed by atoms with Gasteiger partial charge in [0.15, 0.2) is 5.96 Å². The second kappa shape index (κ2) is 8.18. The Morgan fingerprint density at radius 2 is 2.05 bits per heavy atom. The lowest BCUT2D eigenvalue weighted by Gasteiger charge is -2.57. The molecule has 2 aliphatic carbocycles. The molecule has 4 nitrogen and oxygen atoms in total. The van der Waals surface area contributed by atoms with Gasteiger partial charge in [-0.05, 0) is 25.7 Å². The van der Waals surface area contributed by atoms with Crippen LogP contribution in [0.5, 0.6) is 0 Å². The van der Waals surface area contributed by atoms with E-state index in [-0.39, 0.29) is 24.0 Å². The van der Waals surface area contributed by atoms with E-state index in [1.807, 2.05) is 0 Å². The summed E-state index contributed by atoms with van der Waals surface area (Å²) in [5, 5.41) is 3.56. The lowest BCUT2D eigenvalue weighted by atomic mass is 9.54. The van der Waals surface area contributed by atoms with Crippen LogP contribution in [0.3, 0.4) is 0 Å².